The van der Waals surface area contributed by atoms with Gasteiger partial charge in [0, 0.05) is 58.4 Å². The predicted octanol–water partition coefficient (Wildman–Crippen LogP) is 8.38. The lowest BCUT2D eigenvalue weighted by molar-refractivity contribution is -0.142. The second-order valence-corrected chi connectivity index (χ2v) is 39.7. The number of nitrogens with two attached hydrogens (primary N) is 2. The number of carbonyl (C=O) groups is 11. The Morgan fingerprint density at radius 1 is 0.459 bits per heavy atom. The lowest BCUT2D eigenvalue weighted by Gasteiger charge is -2.30. The van der Waals surface area contributed by atoms with Gasteiger partial charge in [0.1, 0.15) is 72.9 Å². The first kappa shape index (κ1) is 99.0. The number of amides is 13. The van der Waals surface area contributed by atoms with Crippen molar-refractivity contribution in [2.24, 2.45) is 29.3 Å². The highest BCUT2D eigenvalue weighted by molar-refractivity contribution is 7.80. The molecular formula is C88H124N20O24S. The molecule has 44 nitrogen and oxygen atoms in total. The molecule has 1 unspecified atom stereocenters. The molecule has 17 rings (SSSR count). The highest BCUT2D eigenvalue weighted by Gasteiger charge is 2.54. The van der Waals surface area contributed by atoms with Gasteiger partial charge in [-0.2, -0.15) is 28.7 Å². The first-order valence-electron chi connectivity index (χ1n) is 45.2. The Kier molecular flexibility index (Phi) is 31.3. The fourth-order valence-electron chi connectivity index (χ4n) is 18.4. The van der Waals surface area contributed by atoms with Crippen molar-refractivity contribution in [3.05, 3.63) is 131 Å². The predicted molar refractivity (Wildman–Crippen MR) is 468 cm³/mol. The van der Waals surface area contributed by atoms with Crippen LogP contribution in [0.25, 0.3) is 0 Å². The van der Waals surface area contributed by atoms with Crippen molar-refractivity contribution >= 4 is 76.4 Å². The van der Waals surface area contributed by atoms with Gasteiger partial charge in [-0.1, -0.05) is 112 Å². The third kappa shape index (κ3) is 24.8. The van der Waals surface area contributed by atoms with E-state index in [1.165, 1.54) is 39.7 Å². The molecule has 8 bridgehead atoms. The molecule has 9 N–H and O–H groups in total. The van der Waals surface area contributed by atoms with E-state index in [0.717, 1.165) is 36.0 Å². The van der Waals surface area contributed by atoms with Crippen molar-refractivity contribution in [2.75, 3.05) is 58.9 Å². The average molecular weight is 1880 g/mol. The SMILES string of the molecule is C[C@H]1C[C@H](C(=O)CNC(=O)[C@@H]2CC[C@@H]3CN2C(=O)N3OCc2ccccc2)N(C(=O)OC(C)(C)C)C1.C[C@H]1C[C@H](C(=O)O)N(C(=O)OC(C)(C)C)C1.C[C@H]1C[C@H](c2nnc([C@@H]3CC[C@@H]4CN3C(=O)N4OCc3ccccc3)o2)N(C(=O)OC(C)(C)C)C1.NNC(=O)[C@@H]1CC[C@@H]2CN1C(=O)N2OCc1ccccc1.N[C@@H]1CNC(c2nnc([C@@H]3CC[C@@H]4CN3C(=O)N4OS(=O)(=O)O)o2)C1. The number of carboxylic acids is 1. The van der Waals surface area contributed by atoms with Crippen molar-refractivity contribution in [1.82, 2.24) is 91.0 Å². The molecule has 2 aromatic heterocycles. The van der Waals surface area contributed by atoms with Crippen LogP contribution >= 0.6 is 0 Å². The second kappa shape index (κ2) is 42.0. The van der Waals surface area contributed by atoms with E-state index in [1.54, 1.807) is 51.3 Å². The molecule has 0 spiro atoms. The van der Waals surface area contributed by atoms with E-state index in [9.17, 15) is 61.2 Å². The van der Waals surface area contributed by atoms with Gasteiger partial charge in [0.15, 0.2) is 5.78 Å². The average Bonchev–Trinajstić information content (AvgIpc) is 1.63. The van der Waals surface area contributed by atoms with E-state index in [2.05, 4.69) is 47.7 Å². The number of fused-ring (bicyclic) bond motifs is 8. The number of rotatable bonds is 21. The summed E-state index contributed by atoms with van der Waals surface area (Å²) in [4.78, 5) is 165. The Morgan fingerprint density at radius 3 is 1.24 bits per heavy atom. The number of aromatic nitrogens is 4. The summed E-state index contributed by atoms with van der Waals surface area (Å²) in [6.45, 7) is 26.8. The molecule has 0 radical (unpaired) electrons. The fraction of sp³-hybridized carbons (Fsp3) is 0.625. The van der Waals surface area contributed by atoms with Gasteiger partial charge >= 0.3 is 58.8 Å². The number of carbonyl (C=O) groups excluding carboxylic acids is 10. The molecule has 14 heterocycles. The maximum atomic E-state index is 13.1. The molecular weight excluding hydrogens is 1750 g/mol. The minimum atomic E-state index is -4.77. The summed E-state index contributed by atoms with van der Waals surface area (Å²) in [6, 6.07) is 23.3. The summed E-state index contributed by atoms with van der Waals surface area (Å²) >= 11 is 0. The third-order valence-corrected chi connectivity index (χ3v) is 24.9. The number of ketones is 1. The number of urea groups is 4. The zero-order valence-electron chi connectivity index (χ0n) is 77.0. The first-order chi connectivity index (χ1) is 62.9. The molecule has 45 heteroatoms. The van der Waals surface area contributed by atoms with Gasteiger partial charge in [0.25, 0.3) is 5.91 Å². The summed E-state index contributed by atoms with van der Waals surface area (Å²) < 4.78 is 63.1. The van der Waals surface area contributed by atoms with Crippen molar-refractivity contribution in [2.45, 2.75) is 275 Å². The van der Waals surface area contributed by atoms with E-state index in [-0.39, 0.29) is 127 Å². The van der Waals surface area contributed by atoms with Gasteiger partial charge in [-0.15, -0.1) is 24.7 Å². The van der Waals surface area contributed by atoms with Crippen LogP contribution in [0.3, 0.4) is 0 Å². The molecule has 5 aromatic rings. The van der Waals surface area contributed by atoms with E-state index in [1.807, 2.05) is 126 Å². The number of likely N-dealkylation sites (tertiary alicyclic amines) is 3. The summed E-state index contributed by atoms with van der Waals surface area (Å²) in [7, 11) is -4.77. The quantitative estimate of drug-likeness (QED) is 0.0119. The molecule has 0 saturated carbocycles. The number of Topliss-reactive ketones (excluding diaryl/α,β-unsaturated/α-hetero) is 1. The van der Waals surface area contributed by atoms with Gasteiger partial charge in [0.05, 0.1) is 42.8 Å². The number of ether oxygens (including phenoxy) is 3. The zero-order chi connectivity index (χ0) is 95.9. The van der Waals surface area contributed by atoms with Crippen molar-refractivity contribution in [1.29, 1.82) is 0 Å². The number of nitrogens with one attached hydrogen (secondary N) is 3. The Balaban J connectivity index is 0.000000145. The number of hydrazine groups is 1. The lowest BCUT2D eigenvalue weighted by atomic mass is 10.00. The zero-order valence-corrected chi connectivity index (χ0v) is 77.8. The minimum absolute atomic E-state index is 0.00281. The highest BCUT2D eigenvalue weighted by Crippen LogP contribution is 2.44. The molecule has 12 aliphatic heterocycles. The standard InChI is InChI=1S/C26H36N4O6.C25H33N5O5.C14H18N4O3.C12H18N6O6S.C11H19NO4/c1-17-12-21(29(14-17)25(34)36-26(2,3)4)22(31)13-27-23(32)20-11-10-19-15-28(20)24(33)30(19)35-16-18-8-6-5-7-9-18;1-16-12-20(29(13-16)24(32)35-25(2,3)4)22-27-26-21(34-22)19-11-10-18-14-28(19)23(31)30(18)33-15-17-8-6-5-7-9-17;15-16-13(19)12-7-6-11-8-17(12)14(20)18(11)21-9-10-4-2-1-3-5-10;13-6-3-8(14-4-6)10-15-16-11(23-10)9-2-1-7-5-17(9)12(19)18(7)24-25(20,21)22;1-7-5-8(9(13)14)12(6-7)10(15)16-11(2,3)4/h5-9,17,19-21H,10-16H2,1-4H3,(H,27,32);5-9,16,18-20H,10-15H2,1-4H3;1-5,11-12H,6-9,15H2,(H,16,19);6-9,14H,1-5,13H2,(H,20,21,22);7-8H,5-6H2,1-4H3,(H,13,14)/t17-,19+,20-,21+;16-,18+,19-,20+;11-,12+;6-,7+,8?,9-;7-,8+/m00100/s1. The van der Waals surface area contributed by atoms with E-state index in [0.29, 0.717) is 140 Å². The molecule has 0 aliphatic carbocycles. The normalized spacial score (nSPS) is 27.0. The maximum absolute atomic E-state index is 13.1. The molecule has 726 valence electrons. The van der Waals surface area contributed by atoms with Crippen molar-refractivity contribution in [3.63, 3.8) is 0 Å². The largest absolute Gasteiger partial charge is 0.480 e. The van der Waals surface area contributed by atoms with E-state index in [4.69, 9.17) is 58.8 Å². The summed E-state index contributed by atoms with van der Waals surface area (Å²) in [5, 5.41) is 36.5. The third-order valence-electron chi connectivity index (χ3n) is 24.6. The molecule has 12 fully saturated rings. The number of piperidine rings is 4. The van der Waals surface area contributed by atoms with E-state index >= 15 is 0 Å². The molecule has 16 atom stereocenters. The highest BCUT2D eigenvalue weighted by atomic mass is 32.3. The summed E-state index contributed by atoms with van der Waals surface area (Å²) in [5.74, 6) is 5.41. The van der Waals surface area contributed by atoms with Crippen LogP contribution in [0.2, 0.25) is 0 Å². The Labute approximate surface area is 771 Å². The van der Waals surface area contributed by atoms with Crippen LogP contribution in [-0.2, 0) is 82.4 Å². The number of benzene rings is 3. The van der Waals surface area contributed by atoms with Crippen LogP contribution in [0.5, 0.6) is 0 Å². The Morgan fingerprint density at radius 2 is 0.820 bits per heavy atom. The van der Waals surface area contributed by atoms with Crippen LogP contribution < -0.4 is 27.6 Å². The molecule has 12 aliphatic rings. The van der Waals surface area contributed by atoms with Crippen molar-refractivity contribution in [3.8, 4) is 0 Å². The molecule has 3 aromatic carbocycles. The van der Waals surface area contributed by atoms with Gasteiger partial charge in [-0.05, 0) is 174 Å². The number of hydrogen-bond donors (Lipinski definition) is 7. The smallest absolute Gasteiger partial charge is 0.418 e. The van der Waals surface area contributed by atoms with Gasteiger partial charge in [-0.3, -0.25) is 53.6 Å². The number of hydrogen-bond acceptors (Lipinski definition) is 29. The van der Waals surface area contributed by atoms with Crippen LogP contribution in [-0.4, -0.2) is 289 Å². The monoisotopic (exact) mass is 1880 g/mol. The van der Waals surface area contributed by atoms with Crippen molar-refractivity contribution < 1.29 is 113 Å². The van der Waals surface area contributed by atoms with Crippen LogP contribution in [0.1, 0.15) is 225 Å². The van der Waals surface area contributed by atoms with Crippen LogP contribution in [0.4, 0.5) is 33.6 Å². The van der Waals surface area contributed by atoms with Crippen LogP contribution in [0.15, 0.2) is 99.8 Å². The Hall–Kier alpha value is -11.5. The lowest BCUT2D eigenvalue weighted by Crippen LogP contribution is -2.52. The number of carboxylic acid groups (broad SMARTS) is 1. The molecule has 13 amide bonds. The topological polar surface area (TPSA) is 529 Å². The first-order valence-corrected chi connectivity index (χ1v) is 46.6. The second-order valence-electron chi connectivity index (χ2n) is 38.7. The number of aliphatic carboxylic acids is 1. The number of hydroxylamine groups is 8. The summed E-state index contributed by atoms with van der Waals surface area (Å²) in [5.41, 5.74) is 9.09. The van der Waals surface area contributed by atoms with Gasteiger partial charge in [0.2, 0.25) is 29.5 Å². The van der Waals surface area contributed by atoms with Gasteiger partial charge < -0.3 is 64.1 Å². The van der Waals surface area contributed by atoms with E-state index < -0.39 is 87.6 Å². The summed E-state index contributed by atoms with van der Waals surface area (Å²) in [6.07, 6.45) is 5.93. The fourth-order valence-corrected chi connectivity index (χ4v) is 18.8. The number of nitrogens with zero attached hydrogens (tertiary/aromatic N) is 15. The molecule has 133 heavy (non-hydrogen) atoms. The minimum Gasteiger partial charge on any atom is -0.480 e. The molecule has 12 saturated heterocycles. The van der Waals surface area contributed by atoms with Gasteiger partial charge in [-0.25, -0.2) is 44.2 Å². The Bertz CT molecular complexity index is 5060. The van der Waals surface area contributed by atoms with Crippen LogP contribution in [0, 0.1) is 17.8 Å². The maximum Gasteiger partial charge on any atom is 0.418 e.